The monoisotopic (exact) mass is 588 g/mol. The highest BCUT2D eigenvalue weighted by Crippen LogP contribution is 2.33. The van der Waals surface area contributed by atoms with Crippen LogP contribution in [-0.4, -0.2) is 34.5 Å². The van der Waals surface area contributed by atoms with Gasteiger partial charge in [-0.3, -0.25) is 14.9 Å². The number of rotatable bonds is 9. The summed E-state index contributed by atoms with van der Waals surface area (Å²) in [6.45, 7) is 4.85. The number of carbonyl (C=O) groups excluding carboxylic acids is 3. The SMILES string of the molecule is CC(=O)c1nc(N2CCc3cccc(C(=O)Nc4nc5ccccc5s4)c3C2)ccc1-c1cccc(CCCC=O)c1C. The van der Waals surface area contributed by atoms with E-state index in [0.29, 0.717) is 35.2 Å². The van der Waals surface area contributed by atoms with Crippen LogP contribution in [0.5, 0.6) is 0 Å². The maximum atomic E-state index is 13.5. The number of aromatic nitrogens is 2. The van der Waals surface area contributed by atoms with Gasteiger partial charge in [0.2, 0.25) is 0 Å². The van der Waals surface area contributed by atoms with E-state index in [2.05, 4.69) is 34.3 Å². The van der Waals surface area contributed by atoms with Gasteiger partial charge in [-0.2, -0.15) is 0 Å². The molecule has 0 saturated heterocycles. The van der Waals surface area contributed by atoms with Gasteiger partial charge in [0.15, 0.2) is 10.9 Å². The Hall–Kier alpha value is -4.69. The van der Waals surface area contributed by atoms with E-state index in [1.165, 1.54) is 16.9 Å². The minimum atomic E-state index is -0.186. The molecule has 1 aliphatic heterocycles. The molecule has 0 aliphatic carbocycles. The number of unbranched alkanes of at least 4 members (excludes halogenated alkanes) is 1. The lowest BCUT2D eigenvalue weighted by atomic mass is 9.92. The number of nitrogens with zero attached hydrogens (tertiary/aromatic N) is 3. The molecule has 1 aliphatic rings. The first kappa shape index (κ1) is 28.4. The number of nitrogens with one attached hydrogen (secondary N) is 1. The summed E-state index contributed by atoms with van der Waals surface area (Å²) in [4.78, 5) is 48.7. The second kappa shape index (κ2) is 12.3. The van der Waals surface area contributed by atoms with Crippen LogP contribution in [0, 0.1) is 6.92 Å². The fourth-order valence-electron chi connectivity index (χ4n) is 5.81. The third-order valence-electron chi connectivity index (χ3n) is 8.07. The van der Waals surface area contributed by atoms with Gasteiger partial charge in [-0.15, -0.1) is 0 Å². The van der Waals surface area contributed by atoms with E-state index >= 15 is 0 Å². The summed E-state index contributed by atoms with van der Waals surface area (Å²) in [5.74, 6) is 0.422. The number of benzene rings is 3. The molecular weight excluding hydrogens is 556 g/mol. The molecule has 43 heavy (non-hydrogen) atoms. The summed E-state index contributed by atoms with van der Waals surface area (Å²) in [5.41, 5.74) is 8.05. The van der Waals surface area contributed by atoms with Crippen LogP contribution in [0.3, 0.4) is 0 Å². The molecule has 3 aromatic carbocycles. The number of anilines is 2. The van der Waals surface area contributed by atoms with Gasteiger partial charge in [-0.05, 0) is 84.3 Å². The summed E-state index contributed by atoms with van der Waals surface area (Å²) in [7, 11) is 0. The van der Waals surface area contributed by atoms with Crippen molar-refractivity contribution in [3.63, 3.8) is 0 Å². The molecule has 0 radical (unpaired) electrons. The maximum Gasteiger partial charge on any atom is 0.257 e. The molecule has 0 fully saturated rings. The van der Waals surface area contributed by atoms with Crippen molar-refractivity contribution in [2.24, 2.45) is 0 Å². The van der Waals surface area contributed by atoms with E-state index in [9.17, 15) is 14.4 Å². The minimum absolute atomic E-state index is 0.101. The summed E-state index contributed by atoms with van der Waals surface area (Å²) >= 11 is 1.46. The lowest BCUT2D eigenvalue weighted by Crippen LogP contribution is -2.33. The second-order valence-corrected chi connectivity index (χ2v) is 11.9. The number of aryl methyl sites for hydroxylation is 1. The topological polar surface area (TPSA) is 92.3 Å². The molecule has 0 atom stereocenters. The standard InChI is InChI=1S/C35H32N4O3S/c1-22-24(9-5-6-20-40)10-7-12-26(22)27-16-17-32(37-33(27)23(2)41)39-19-18-25-11-8-13-28(29(25)21-39)34(42)38-35-36-30-14-3-4-15-31(30)43-35/h3-4,7-8,10-17,20H,5-6,9,18-19,21H2,1-2H3,(H,36,38,42). The van der Waals surface area contributed by atoms with Crippen LogP contribution in [-0.2, 0) is 24.2 Å². The zero-order valence-corrected chi connectivity index (χ0v) is 25.0. The first-order valence-electron chi connectivity index (χ1n) is 14.5. The van der Waals surface area contributed by atoms with E-state index in [-0.39, 0.29) is 11.7 Å². The molecule has 0 spiro atoms. The van der Waals surface area contributed by atoms with Gasteiger partial charge in [-0.1, -0.05) is 53.8 Å². The van der Waals surface area contributed by atoms with Gasteiger partial charge in [0.25, 0.3) is 5.91 Å². The molecule has 0 bridgehead atoms. The smallest absolute Gasteiger partial charge is 0.257 e. The molecule has 6 rings (SSSR count). The van der Waals surface area contributed by atoms with Gasteiger partial charge in [0.05, 0.1) is 10.2 Å². The van der Waals surface area contributed by atoms with Gasteiger partial charge in [0.1, 0.15) is 17.8 Å². The normalized spacial score (nSPS) is 12.7. The number of hydrogen-bond donors (Lipinski definition) is 1. The Kier molecular flexibility index (Phi) is 8.11. The number of fused-ring (bicyclic) bond motifs is 2. The van der Waals surface area contributed by atoms with Crippen LogP contribution in [0.15, 0.2) is 72.8 Å². The van der Waals surface area contributed by atoms with Crippen molar-refractivity contribution in [3.8, 4) is 11.1 Å². The maximum absolute atomic E-state index is 13.5. The summed E-state index contributed by atoms with van der Waals surface area (Å²) in [6.07, 6.45) is 3.84. The molecular formula is C35H32N4O3S. The van der Waals surface area contributed by atoms with Crippen molar-refractivity contribution in [1.82, 2.24) is 9.97 Å². The molecule has 0 unspecified atom stereocenters. The summed E-state index contributed by atoms with van der Waals surface area (Å²) < 4.78 is 1.02. The van der Waals surface area contributed by atoms with Gasteiger partial charge >= 0.3 is 0 Å². The Morgan fingerprint density at radius 1 is 0.977 bits per heavy atom. The molecule has 8 heteroatoms. The van der Waals surface area contributed by atoms with Gasteiger partial charge < -0.3 is 9.69 Å². The number of para-hydroxylation sites is 1. The Balaban J connectivity index is 1.27. The van der Waals surface area contributed by atoms with Gasteiger partial charge in [-0.25, -0.2) is 9.97 Å². The van der Waals surface area contributed by atoms with Gasteiger partial charge in [0, 0.05) is 37.6 Å². The zero-order chi connectivity index (χ0) is 29.9. The quantitative estimate of drug-likeness (QED) is 0.111. The number of hydrogen-bond acceptors (Lipinski definition) is 7. The first-order chi connectivity index (χ1) is 20.9. The largest absolute Gasteiger partial charge is 0.352 e. The van der Waals surface area contributed by atoms with Crippen molar-refractivity contribution in [3.05, 3.63) is 106 Å². The van der Waals surface area contributed by atoms with Crippen LogP contribution in [0.2, 0.25) is 0 Å². The number of thiazole rings is 1. The fraction of sp³-hybridized carbons (Fsp3) is 0.229. The zero-order valence-electron chi connectivity index (χ0n) is 24.2. The van der Waals surface area contributed by atoms with Crippen LogP contribution in [0.1, 0.15) is 62.9 Å². The predicted molar refractivity (Wildman–Crippen MR) is 172 cm³/mol. The molecule has 216 valence electrons. The fourth-order valence-corrected chi connectivity index (χ4v) is 6.67. The van der Waals surface area contributed by atoms with Crippen LogP contribution in [0.25, 0.3) is 21.3 Å². The Bertz CT molecular complexity index is 1830. The van der Waals surface area contributed by atoms with E-state index < -0.39 is 0 Å². The lowest BCUT2D eigenvalue weighted by Gasteiger charge is -2.31. The number of carbonyl (C=O) groups is 3. The first-order valence-corrected chi connectivity index (χ1v) is 15.3. The number of aldehydes is 1. The van der Waals surface area contributed by atoms with Crippen LogP contribution < -0.4 is 10.2 Å². The molecule has 2 aromatic heterocycles. The molecule has 0 saturated carbocycles. The molecule has 1 N–H and O–H groups in total. The van der Waals surface area contributed by atoms with E-state index in [0.717, 1.165) is 70.1 Å². The lowest BCUT2D eigenvalue weighted by molar-refractivity contribution is -0.107. The highest BCUT2D eigenvalue weighted by Gasteiger charge is 2.25. The highest BCUT2D eigenvalue weighted by molar-refractivity contribution is 7.22. The van der Waals surface area contributed by atoms with E-state index in [4.69, 9.17) is 4.98 Å². The van der Waals surface area contributed by atoms with E-state index in [1.807, 2.05) is 60.7 Å². The summed E-state index contributed by atoms with van der Waals surface area (Å²) in [5, 5.41) is 3.57. The number of pyridine rings is 1. The predicted octanol–water partition coefficient (Wildman–Crippen LogP) is 7.21. The van der Waals surface area contributed by atoms with Crippen molar-refractivity contribution >= 4 is 50.5 Å². The molecule has 1 amide bonds. The molecule has 5 aromatic rings. The van der Waals surface area contributed by atoms with Crippen molar-refractivity contribution in [2.45, 2.75) is 46.1 Å². The number of ketones is 1. The van der Waals surface area contributed by atoms with Crippen LogP contribution >= 0.6 is 11.3 Å². The van der Waals surface area contributed by atoms with Crippen molar-refractivity contribution < 1.29 is 14.4 Å². The van der Waals surface area contributed by atoms with Crippen molar-refractivity contribution in [1.29, 1.82) is 0 Å². The average Bonchev–Trinajstić information content (AvgIpc) is 3.43. The Morgan fingerprint density at radius 3 is 2.63 bits per heavy atom. The second-order valence-electron chi connectivity index (χ2n) is 10.8. The van der Waals surface area contributed by atoms with Crippen molar-refractivity contribution in [2.75, 3.05) is 16.8 Å². The number of Topliss-reactive ketones (excluding diaryl/α,β-unsaturated/α-hetero) is 1. The minimum Gasteiger partial charge on any atom is -0.352 e. The Labute approximate surface area is 254 Å². The molecule has 3 heterocycles. The Morgan fingerprint density at radius 2 is 1.81 bits per heavy atom. The third kappa shape index (κ3) is 5.83. The summed E-state index contributed by atoms with van der Waals surface area (Å²) in [6, 6.07) is 23.7. The molecule has 7 nitrogen and oxygen atoms in total. The number of amides is 1. The third-order valence-corrected chi connectivity index (χ3v) is 9.03. The van der Waals surface area contributed by atoms with E-state index in [1.54, 1.807) is 6.92 Å². The van der Waals surface area contributed by atoms with Crippen LogP contribution in [0.4, 0.5) is 10.9 Å². The highest BCUT2D eigenvalue weighted by atomic mass is 32.1. The average molecular weight is 589 g/mol.